The molecule has 144 valence electrons. The Morgan fingerprint density at radius 3 is 1.79 bits per heavy atom. The summed E-state index contributed by atoms with van der Waals surface area (Å²) >= 11 is 0. The third-order valence-electron chi connectivity index (χ3n) is 4.88. The zero-order valence-electron chi connectivity index (χ0n) is 17.1. The molecule has 0 saturated heterocycles. The number of rotatable bonds is 0. The summed E-state index contributed by atoms with van der Waals surface area (Å²) in [5.41, 5.74) is 6.85. The maximum absolute atomic E-state index is 11.5. The first-order valence-electron chi connectivity index (χ1n) is 9.07. The van der Waals surface area contributed by atoms with Crippen molar-refractivity contribution in [2.24, 2.45) is 14.1 Å². The highest BCUT2D eigenvalue weighted by molar-refractivity contribution is 5.76. The molecule has 2 heterocycles. The molecule has 0 saturated carbocycles. The molecule has 0 spiro atoms. The van der Waals surface area contributed by atoms with E-state index in [1.54, 1.807) is 14.1 Å². The molecular weight excluding hydrogens is 352 g/mol. The fourth-order valence-electron chi connectivity index (χ4n) is 3.03. The molecule has 0 aliphatic rings. The first-order valence-corrected chi connectivity index (χ1v) is 9.07. The van der Waals surface area contributed by atoms with Gasteiger partial charge >= 0.3 is 11.1 Å². The maximum atomic E-state index is 11.5. The van der Waals surface area contributed by atoms with Crippen LogP contribution in [0.5, 0.6) is 0 Å². The van der Waals surface area contributed by atoms with E-state index < -0.39 is 11.1 Å². The van der Waals surface area contributed by atoms with Crippen LogP contribution in [0.4, 0.5) is 0 Å². The summed E-state index contributed by atoms with van der Waals surface area (Å²) in [6.07, 6.45) is 0. The Morgan fingerprint density at radius 2 is 1.14 bits per heavy atom. The van der Waals surface area contributed by atoms with Gasteiger partial charge in [0.2, 0.25) is 0 Å². The van der Waals surface area contributed by atoms with E-state index >= 15 is 0 Å². The van der Waals surface area contributed by atoms with Crippen LogP contribution in [0.25, 0.3) is 22.1 Å². The Morgan fingerprint density at radius 1 is 0.643 bits per heavy atom. The van der Waals surface area contributed by atoms with Gasteiger partial charge in [0.05, 0.1) is 33.5 Å². The summed E-state index contributed by atoms with van der Waals surface area (Å²) in [6, 6.07) is 11.8. The minimum Gasteiger partial charge on any atom is -0.305 e. The van der Waals surface area contributed by atoms with Crippen molar-refractivity contribution in [1.29, 1.82) is 0 Å². The minimum atomic E-state index is -0.492. The molecule has 0 fully saturated rings. The largest absolute Gasteiger partial charge is 0.316 e. The lowest BCUT2D eigenvalue weighted by molar-refractivity contribution is 0.798. The molecule has 6 heteroatoms. The van der Waals surface area contributed by atoms with Gasteiger partial charge in [-0.05, 0) is 63.1 Å². The van der Waals surface area contributed by atoms with Crippen molar-refractivity contribution in [3.05, 3.63) is 79.6 Å². The van der Waals surface area contributed by atoms with E-state index in [0.29, 0.717) is 0 Å². The van der Waals surface area contributed by atoms with Crippen LogP contribution in [-0.4, -0.2) is 19.1 Å². The highest BCUT2D eigenvalue weighted by Crippen LogP contribution is 2.13. The number of nitrogens with zero attached hydrogens (tertiary/aromatic N) is 4. The van der Waals surface area contributed by atoms with Crippen LogP contribution in [0, 0.1) is 27.7 Å². The second kappa shape index (κ2) is 7.38. The Labute approximate surface area is 163 Å². The normalized spacial score (nSPS) is 10.8. The van der Waals surface area contributed by atoms with Gasteiger partial charge in [-0.1, -0.05) is 12.1 Å². The molecule has 0 aliphatic carbocycles. The molecule has 0 radical (unpaired) electrons. The van der Waals surface area contributed by atoms with Crippen molar-refractivity contribution >= 4 is 22.1 Å². The molecular formula is C22H24N4O2. The van der Waals surface area contributed by atoms with E-state index in [0.717, 1.165) is 39.0 Å². The predicted molar refractivity (Wildman–Crippen MR) is 113 cm³/mol. The third-order valence-corrected chi connectivity index (χ3v) is 4.88. The van der Waals surface area contributed by atoms with Gasteiger partial charge in [-0.15, -0.1) is 0 Å². The molecule has 6 nitrogen and oxygen atoms in total. The number of aromatic nitrogens is 4. The second-order valence-electron chi connectivity index (χ2n) is 7.11. The van der Waals surface area contributed by atoms with E-state index in [9.17, 15) is 9.59 Å². The van der Waals surface area contributed by atoms with E-state index in [1.807, 2.05) is 45.0 Å². The Bertz CT molecular complexity index is 1320. The molecule has 4 aromatic rings. The predicted octanol–water partition coefficient (Wildman–Crippen LogP) is 3.10. The fourth-order valence-corrected chi connectivity index (χ4v) is 3.03. The highest BCUT2D eigenvalue weighted by atomic mass is 16.2. The van der Waals surface area contributed by atoms with Crippen LogP contribution in [0.3, 0.4) is 0 Å². The molecule has 0 atom stereocenters. The second-order valence-corrected chi connectivity index (χ2v) is 7.11. The summed E-state index contributed by atoms with van der Waals surface area (Å²) in [6.45, 7) is 8.00. The molecule has 2 aromatic carbocycles. The Kier molecular flexibility index (Phi) is 5.14. The topological polar surface area (TPSA) is 69.8 Å². The SMILES string of the molecule is Cc1ccc2c(c1)n(C)c(=O)c(=O)n2C.Cc1ccc2nc(C)c(C)nc2c1. The van der Waals surface area contributed by atoms with Crippen molar-refractivity contribution in [3.63, 3.8) is 0 Å². The van der Waals surface area contributed by atoms with Crippen LogP contribution >= 0.6 is 0 Å². The summed E-state index contributed by atoms with van der Waals surface area (Å²) in [4.78, 5) is 32.0. The summed E-state index contributed by atoms with van der Waals surface area (Å²) in [5, 5.41) is 0. The monoisotopic (exact) mass is 376 g/mol. The van der Waals surface area contributed by atoms with Gasteiger partial charge < -0.3 is 9.13 Å². The molecule has 0 unspecified atom stereocenters. The van der Waals surface area contributed by atoms with Crippen LogP contribution in [0.1, 0.15) is 22.5 Å². The number of hydrogen-bond donors (Lipinski definition) is 0. The smallest absolute Gasteiger partial charge is 0.305 e. The molecule has 0 N–H and O–H groups in total. The molecule has 4 rings (SSSR count). The first kappa shape index (κ1) is 19.5. The summed E-state index contributed by atoms with van der Waals surface area (Å²) in [5.74, 6) is 0. The quantitative estimate of drug-likeness (QED) is 0.442. The summed E-state index contributed by atoms with van der Waals surface area (Å²) in [7, 11) is 3.23. The maximum Gasteiger partial charge on any atom is 0.316 e. The first-order chi connectivity index (χ1) is 13.2. The van der Waals surface area contributed by atoms with Crippen molar-refractivity contribution in [2.45, 2.75) is 27.7 Å². The number of fused-ring (bicyclic) bond motifs is 2. The average Bonchev–Trinajstić information content (AvgIpc) is 2.66. The highest BCUT2D eigenvalue weighted by Gasteiger charge is 2.07. The zero-order valence-corrected chi connectivity index (χ0v) is 17.1. The lowest BCUT2D eigenvalue weighted by Gasteiger charge is -2.08. The van der Waals surface area contributed by atoms with Gasteiger partial charge in [0.1, 0.15) is 0 Å². The average molecular weight is 376 g/mol. The van der Waals surface area contributed by atoms with Crippen molar-refractivity contribution in [2.75, 3.05) is 0 Å². The van der Waals surface area contributed by atoms with Gasteiger partial charge in [0, 0.05) is 14.1 Å². The Balaban J connectivity index is 0.000000162. The van der Waals surface area contributed by atoms with Crippen LogP contribution in [0.2, 0.25) is 0 Å². The lowest BCUT2D eigenvalue weighted by Crippen LogP contribution is -2.39. The fraction of sp³-hybridized carbons (Fsp3) is 0.273. The molecule has 28 heavy (non-hydrogen) atoms. The Hall–Kier alpha value is -3.28. The standard InChI is InChI=1S/C11H12N2O2.C11H12N2/c1-7-4-5-8-9(6-7)13(3)11(15)10(14)12(8)2;1-7-4-5-10-11(6-7)13-9(3)8(2)12-10/h4-6H,1-3H3;4-6H,1-3H3. The van der Waals surface area contributed by atoms with Crippen molar-refractivity contribution in [3.8, 4) is 0 Å². The minimum absolute atomic E-state index is 0.490. The van der Waals surface area contributed by atoms with Gasteiger partial charge in [-0.2, -0.15) is 0 Å². The zero-order chi connectivity index (χ0) is 20.6. The van der Waals surface area contributed by atoms with E-state index in [4.69, 9.17) is 0 Å². The van der Waals surface area contributed by atoms with Crippen LogP contribution < -0.4 is 11.1 Å². The van der Waals surface area contributed by atoms with Gasteiger partial charge in [0.25, 0.3) is 0 Å². The lowest BCUT2D eigenvalue weighted by atomic mass is 10.2. The van der Waals surface area contributed by atoms with Crippen LogP contribution in [-0.2, 0) is 14.1 Å². The number of hydrogen-bond acceptors (Lipinski definition) is 4. The molecule has 0 amide bonds. The van der Waals surface area contributed by atoms with Gasteiger partial charge in [-0.3, -0.25) is 9.59 Å². The van der Waals surface area contributed by atoms with Crippen molar-refractivity contribution < 1.29 is 0 Å². The van der Waals surface area contributed by atoms with Gasteiger partial charge in [0.15, 0.2) is 0 Å². The number of aryl methyl sites for hydroxylation is 6. The number of benzene rings is 2. The van der Waals surface area contributed by atoms with Gasteiger partial charge in [-0.25, -0.2) is 9.97 Å². The molecule has 0 aliphatic heterocycles. The molecule has 0 bridgehead atoms. The van der Waals surface area contributed by atoms with E-state index in [1.165, 1.54) is 14.7 Å². The van der Waals surface area contributed by atoms with E-state index in [2.05, 4.69) is 29.0 Å². The third kappa shape index (κ3) is 3.58. The van der Waals surface area contributed by atoms with Crippen molar-refractivity contribution in [1.82, 2.24) is 19.1 Å². The summed E-state index contributed by atoms with van der Waals surface area (Å²) < 4.78 is 2.78. The molecule has 2 aromatic heterocycles. The van der Waals surface area contributed by atoms with E-state index in [-0.39, 0.29) is 0 Å². The van der Waals surface area contributed by atoms with Crippen LogP contribution in [0.15, 0.2) is 46.0 Å².